The maximum Gasteiger partial charge on any atom is 0.262 e. The van der Waals surface area contributed by atoms with Gasteiger partial charge in [-0.2, -0.15) is 0 Å². The molecule has 0 fully saturated rings. The Bertz CT molecular complexity index is 910. The molecule has 2 N–H and O–H groups in total. The standard InChI is InChI=1S/C22H21NO5/c1-26-21-12-7-17(13-20(21)24)23-22(25)15-28-19-10-8-18(9-11-19)27-14-16-5-3-2-4-6-16/h2-13,24H,14-15H2,1H3,(H,23,25). The number of nitrogens with one attached hydrogen (secondary N) is 1. The van der Waals surface area contributed by atoms with Crippen molar-refractivity contribution in [3.63, 3.8) is 0 Å². The molecule has 0 aliphatic heterocycles. The number of phenolic OH excluding ortho intramolecular Hbond substituents is 1. The van der Waals surface area contributed by atoms with Crippen LogP contribution in [-0.4, -0.2) is 24.7 Å². The average molecular weight is 379 g/mol. The van der Waals surface area contributed by atoms with E-state index in [1.165, 1.54) is 13.2 Å². The highest BCUT2D eigenvalue weighted by Crippen LogP contribution is 2.28. The number of benzene rings is 3. The van der Waals surface area contributed by atoms with Gasteiger partial charge >= 0.3 is 0 Å². The van der Waals surface area contributed by atoms with Gasteiger partial charge in [0.1, 0.15) is 18.1 Å². The minimum atomic E-state index is -0.339. The SMILES string of the molecule is COc1ccc(NC(=O)COc2ccc(OCc3ccccc3)cc2)cc1O. The Hall–Kier alpha value is -3.67. The van der Waals surface area contributed by atoms with Gasteiger partial charge in [0.2, 0.25) is 0 Å². The number of aromatic hydroxyl groups is 1. The highest BCUT2D eigenvalue weighted by Gasteiger charge is 2.07. The van der Waals surface area contributed by atoms with Crippen molar-refractivity contribution in [2.24, 2.45) is 0 Å². The number of hydrogen-bond donors (Lipinski definition) is 2. The zero-order valence-corrected chi connectivity index (χ0v) is 15.4. The maximum absolute atomic E-state index is 12.0. The average Bonchev–Trinajstić information content (AvgIpc) is 2.72. The van der Waals surface area contributed by atoms with Gasteiger partial charge in [-0.3, -0.25) is 4.79 Å². The quantitative estimate of drug-likeness (QED) is 0.619. The molecule has 28 heavy (non-hydrogen) atoms. The molecule has 1 amide bonds. The molecule has 0 heterocycles. The van der Waals surface area contributed by atoms with E-state index in [4.69, 9.17) is 14.2 Å². The third-order valence-electron chi connectivity index (χ3n) is 3.90. The Labute approximate surface area is 163 Å². The summed E-state index contributed by atoms with van der Waals surface area (Å²) in [5, 5.41) is 12.4. The Morgan fingerprint density at radius 2 is 1.61 bits per heavy atom. The Morgan fingerprint density at radius 1 is 0.929 bits per heavy atom. The highest BCUT2D eigenvalue weighted by molar-refractivity contribution is 5.92. The molecule has 0 aliphatic carbocycles. The molecule has 3 aromatic carbocycles. The topological polar surface area (TPSA) is 77.0 Å². The van der Waals surface area contributed by atoms with E-state index in [9.17, 15) is 9.90 Å². The van der Waals surface area contributed by atoms with Gasteiger partial charge in [0.15, 0.2) is 18.1 Å². The molecule has 0 atom stereocenters. The van der Waals surface area contributed by atoms with Gasteiger partial charge in [-0.05, 0) is 42.0 Å². The normalized spacial score (nSPS) is 10.2. The summed E-state index contributed by atoms with van der Waals surface area (Å²) < 4.78 is 16.2. The van der Waals surface area contributed by atoms with Crippen LogP contribution in [0.5, 0.6) is 23.0 Å². The molecule has 6 nitrogen and oxygen atoms in total. The van der Waals surface area contributed by atoms with E-state index in [1.54, 1.807) is 36.4 Å². The van der Waals surface area contributed by atoms with E-state index in [0.29, 0.717) is 23.8 Å². The van der Waals surface area contributed by atoms with Crippen LogP contribution in [0.3, 0.4) is 0 Å². The van der Waals surface area contributed by atoms with Crippen molar-refractivity contribution >= 4 is 11.6 Å². The molecular formula is C22H21NO5. The Kier molecular flexibility index (Phi) is 6.36. The second-order valence-electron chi connectivity index (χ2n) is 5.97. The number of ether oxygens (including phenoxy) is 3. The van der Waals surface area contributed by atoms with Crippen molar-refractivity contribution in [3.05, 3.63) is 78.4 Å². The second kappa shape index (κ2) is 9.32. The molecule has 0 saturated carbocycles. The molecule has 6 heteroatoms. The van der Waals surface area contributed by atoms with E-state index in [0.717, 1.165) is 11.3 Å². The second-order valence-corrected chi connectivity index (χ2v) is 5.97. The van der Waals surface area contributed by atoms with Crippen LogP contribution < -0.4 is 19.5 Å². The van der Waals surface area contributed by atoms with E-state index in [-0.39, 0.29) is 18.3 Å². The van der Waals surface area contributed by atoms with Crippen LogP contribution in [-0.2, 0) is 11.4 Å². The van der Waals surface area contributed by atoms with E-state index < -0.39 is 0 Å². The van der Waals surface area contributed by atoms with Crippen LogP contribution >= 0.6 is 0 Å². The first kappa shape index (κ1) is 19.1. The smallest absolute Gasteiger partial charge is 0.262 e. The van der Waals surface area contributed by atoms with Gasteiger partial charge < -0.3 is 24.6 Å². The summed E-state index contributed by atoms with van der Waals surface area (Å²) in [6.07, 6.45) is 0. The van der Waals surface area contributed by atoms with Gasteiger partial charge in [-0.25, -0.2) is 0 Å². The predicted octanol–water partition coefficient (Wildman–Crippen LogP) is 4.00. The molecule has 0 saturated heterocycles. The minimum absolute atomic E-state index is 0.0488. The summed E-state index contributed by atoms with van der Waals surface area (Å²) in [5.41, 5.74) is 1.54. The largest absolute Gasteiger partial charge is 0.504 e. The predicted molar refractivity (Wildman–Crippen MR) is 106 cm³/mol. The molecule has 0 bridgehead atoms. The number of rotatable bonds is 8. The van der Waals surface area contributed by atoms with Crippen LogP contribution in [0.25, 0.3) is 0 Å². The van der Waals surface area contributed by atoms with Gasteiger partial charge in [0.25, 0.3) is 5.91 Å². The lowest BCUT2D eigenvalue weighted by Crippen LogP contribution is -2.20. The van der Waals surface area contributed by atoms with Crippen LogP contribution in [0.1, 0.15) is 5.56 Å². The molecule has 0 spiro atoms. The number of phenols is 1. The number of anilines is 1. The highest BCUT2D eigenvalue weighted by atomic mass is 16.5. The monoisotopic (exact) mass is 379 g/mol. The van der Waals surface area contributed by atoms with E-state index in [1.807, 2.05) is 30.3 Å². The number of carbonyl (C=O) groups excluding carboxylic acids is 1. The van der Waals surface area contributed by atoms with Crippen LogP contribution in [0.2, 0.25) is 0 Å². The summed E-state index contributed by atoms with van der Waals surface area (Å²) >= 11 is 0. The van der Waals surface area contributed by atoms with Crippen molar-refractivity contribution in [2.75, 3.05) is 19.0 Å². The molecule has 0 unspecified atom stereocenters. The van der Waals surface area contributed by atoms with Crippen molar-refractivity contribution in [1.82, 2.24) is 0 Å². The first-order valence-electron chi connectivity index (χ1n) is 8.70. The molecule has 3 rings (SSSR count). The van der Waals surface area contributed by atoms with Crippen LogP contribution in [0.15, 0.2) is 72.8 Å². The fraction of sp³-hybridized carbons (Fsp3) is 0.136. The number of hydrogen-bond acceptors (Lipinski definition) is 5. The third kappa shape index (κ3) is 5.41. The van der Waals surface area contributed by atoms with Gasteiger partial charge in [-0.1, -0.05) is 30.3 Å². The third-order valence-corrected chi connectivity index (χ3v) is 3.90. The van der Waals surface area contributed by atoms with Crippen molar-refractivity contribution in [2.45, 2.75) is 6.61 Å². The summed E-state index contributed by atoms with van der Waals surface area (Å²) in [6, 6.07) is 21.6. The zero-order valence-electron chi connectivity index (χ0n) is 15.4. The minimum Gasteiger partial charge on any atom is -0.504 e. The van der Waals surface area contributed by atoms with Crippen LogP contribution in [0.4, 0.5) is 5.69 Å². The Morgan fingerprint density at radius 3 is 2.25 bits per heavy atom. The zero-order chi connectivity index (χ0) is 19.8. The maximum atomic E-state index is 12.0. The number of methoxy groups -OCH3 is 1. The fourth-order valence-corrected chi connectivity index (χ4v) is 2.49. The molecule has 0 aliphatic rings. The summed E-state index contributed by atoms with van der Waals surface area (Å²) in [5.74, 6) is 1.22. The molecule has 3 aromatic rings. The van der Waals surface area contributed by atoms with Crippen molar-refractivity contribution < 1.29 is 24.1 Å². The first-order valence-corrected chi connectivity index (χ1v) is 8.70. The van der Waals surface area contributed by atoms with Gasteiger partial charge in [-0.15, -0.1) is 0 Å². The fourth-order valence-electron chi connectivity index (χ4n) is 2.49. The lowest BCUT2D eigenvalue weighted by atomic mass is 10.2. The first-order chi connectivity index (χ1) is 13.6. The molecule has 144 valence electrons. The lowest BCUT2D eigenvalue weighted by molar-refractivity contribution is -0.118. The van der Waals surface area contributed by atoms with Crippen molar-refractivity contribution in [1.29, 1.82) is 0 Å². The molecular weight excluding hydrogens is 358 g/mol. The lowest BCUT2D eigenvalue weighted by Gasteiger charge is -2.10. The summed E-state index contributed by atoms with van der Waals surface area (Å²) in [4.78, 5) is 12.0. The van der Waals surface area contributed by atoms with Crippen LogP contribution in [0, 0.1) is 0 Å². The number of carbonyl (C=O) groups is 1. The number of amides is 1. The van der Waals surface area contributed by atoms with Gasteiger partial charge in [0.05, 0.1) is 7.11 Å². The van der Waals surface area contributed by atoms with E-state index >= 15 is 0 Å². The molecule has 0 aromatic heterocycles. The molecule has 0 radical (unpaired) electrons. The summed E-state index contributed by atoms with van der Waals surface area (Å²) in [6.45, 7) is 0.329. The van der Waals surface area contributed by atoms with Crippen molar-refractivity contribution in [3.8, 4) is 23.0 Å². The summed E-state index contributed by atoms with van der Waals surface area (Å²) in [7, 11) is 1.46. The van der Waals surface area contributed by atoms with Gasteiger partial charge in [0, 0.05) is 11.8 Å². The Balaban J connectivity index is 1.46. The van der Waals surface area contributed by atoms with E-state index in [2.05, 4.69) is 5.32 Å².